The molecular weight excluding hydrogens is 381 g/mol. The van der Waals surface area contributed by atoms with Crippen LogP contribution in [0.1, 0.15) is 25.3 Å². The van der Waals surface area contributed by atoms with Gasteiger partial charge in [-0.15, -0.1) is 0 Å². The fourth-order valence-corrected chi connectivity index (χ4v) is 3.80. The van der Waals surface area contributed by atoms with E-state index in [4.69, 9.17) is 4.74 Å². The van der Waals surface area contributed by atoms with Crippen LogP contribution in [0.15, 0.2) is 48.5 Å². The van der Waals surface area contributed by atoms with Crippen molar-refractivity contribution < 1.29 is 13.9 Å². The van der Waals surface area contributed by atoms with E-state index < -0.39 is 0 Å². The van der Waals surface area contributed by atoms with E-state index in [1.165, 1.54) is 25.0 Å². The predicted molar refractivity (Wildman–Crippen MR) is 117 cm³/mol. The number of nitrogens with zero attached hydrogens (tertiary/aromatic N) is 2. The summed E-state index contributed by atoms with van der Waals surface area (Å²) in [5.74, 6) is 0.528. The Morgan fingerprint density at radius 1 is 1.13 bits per heavy atom. The molecule has 1 saturated heterocycles. The third-order valence-electron chi connectivity index (χ3n) is 5.95. The SMILES string of the molecule is CC(C(=O)Nc1cccc(COCC2CC2)c1)N1CCN(c2ccc(F)cc2)CC1. The number of carbonyl (C=O) groups excluding carboxylic acids is 1. The van der Waals surface area contributed by atoms with Crippen molar-refractivity contribution in [3.05, 3.63) is 59.9 Å². The van der Waals surface area contributed by atoms with Crippen molar-refractivity contribution in [3.8, 4) is 0 Å². The van der Waals surface area contributed by atoms with Gasteiger partial charge in [-0.1, -0.05) is 12.1 Å². The summed E-state index contributed by atoms with van der Waals surface area (Å²) in [5.41, 5.74) is 2.91. The number of nitrogens with one attached hydrogen (secondary N) is 1. The molecule has 6 heteroatoms. The van der Waals surface area contributed by atoms with Gasteiger partial charge in [0.05, 0.1) is 12.6 Å². The highest BCUT2D eigenvalue weighted by Crippen LogP contribution is 2.29. The Balaban J connectivity index is 1.26. The number of halogens is 1. The van der Waals surface area contributed by atoms with Gasteiger partial charge in [-0.2, -0.15) is 0 Å². The fourth-order valence-electron chi connectivity index (χ4n) is 3.80. The molecule has 2 fully saturated rings. The molecule has 1 aliphatic carbocycles. The van der Waals surface area contributed by atoms with Crippen molar-refractivity contribution in [1.29, 1.82) is 0 Å². The van der Waals surface area contributed by atoms with Crippen molar-refractivity contribution in [1.82, 2.24) is 4.90 Å². The molecule has 1 aliphatic heterocycles. The van der Waals surface area contributed by atoms with Gasteiger partial charge in [0, 0.05) is 44.2 Å². The van der Waals surface area contributed by atoms with Gasteiger partial charge in [-0.3, -0.25) is 9.69 Å². The van der Waals surface area contributed by atoms with Crippen LogP contribution in [0.5, 0.6) is 0 Å². The number of hydrogen-bond acceptors (Lipinski definition) is 4. The maximum atomic E-state index is 13.1. The second-order valence-electron chi connectivity index (χ2n) is 8.32. The molecule has 1 atom stereocenters. The molecular formula is C24H30FN3O2. The molecule has 0 bridgehead atoms. The lowest BCUT2D eigenvalue weighted by atomic mass is 10.1. The number of anilines is 2. The summed E-state index contributed by atoms with van der Waals surface area (Å²) in [4.78, 5) is 17.2. The molecule has 5 nitrogen and oxygen atoms in total. The van der Waals surface area contributed by atoms with Crippen LogP contribution in [-0.4, -0.2) is 49.6 Å². The topological polar surface area (TPSA) is 44.8 Å². The molecule has 0 spiro atoms. The first kappa shape index (κ1) is 20.8. The number of hydrogen-bond donors (Lipinski definition) is 1. The lowest BCUT2D eigenvalue weighted by Crippen LogP contribution is -2.52. The summed E-state index contributed by atoms with van der Waals surface area (Å²) in [6.07, 6.45) is 2.57. The number of carbonyl (C=O) groups is 1. The first-order valence-corrected chi connectivity index (χ1v) is 10.8. The summed E-state index contributed by atoms with van der Waals surface area (Å²) >= 11 is 0. The summed E-state index contributed by atoms with van der Waals surface area (Å²) in [6.45, 7) is 6.58. The fraction of sp³-hybridized carbons (Fsp3) is 0.458. The normalized spacial score (nSPS) is 18.3. The zero-order valence-electron chi connectivity index (χ0n) is 17.5. The minimum atomic E-state index is -0.221. The van der Waals surface area contributed by atoms with Gasteiger partial charge in [0.15, 0.2) is 0 Å². The summed E-state index contributed by atoms with van der Waals surface area (Å²) < 4.78 is 18.9. The molecule has 2 aromatic rings. The summed E-state index contributed by atoms with van der Waals surface area (Å²) in [7, 11) is 0. The second-order valence-corrected chi connectivity index (χ2v) is 8.32. The molecule has 2 aromatic carbocycles. The maximum Gasteiger partial charge on any atom is 0.241 e. The monoisotopic (exact) mass is 411 g/mol. The highest BCUT2D eigenvalue weighted by molar-refractivity contribution is 5.94. The van der Waals surface area contributed by atoms with Crippen LogP contribution in [0, 0.1) is 11.7 Å². The number of benzene rings is 2. The molecule has 1 N–H and O–H groups in total. The van der Waals surface area contributed by atoms with Gasteiger partial charge < -0.3 is 15.0 Å². The zero-order chi connectivity index (χ0) is 20.9. The summed E-state index contributed by atoms with van der Waals surface area (Å²) in [6, 6.07) is 14.3. The number of amides is 1. The van der Waals surface area contributed by atoms with Crippen molar-refractivity contribution in [2.75, 3.05) is 43.0 Å². The molecule has 160 valence electrons. The zero-order valence-corrected chi connectivity index (χ0v) is 17.5. The molecule has 1 heterocycles. The van der Waals surface area contributed by atoms with Crippen LogP contribution in [0.2, 0.25) is 0 Å². The Kier molecular flexibility index (Phi) is 6.65. The predicted octanol–water partition coefficient (Wildman–Crippen LogP) is 3.90. The number of rotatable bonds is 8. The summed E-state index contributed by atoms with van der Waals surface area (Å²) in [5, 5.41) is 3.05. The van der Waals surface area contributed by atoms with Crippen LogP contribution >= 0.6 is 0 Å². The molecule has 1 unspecified atom stereocenters. The van der Waals surface area contributed by atoms with Gasteiger partial charge in [-0.25, -0.2) is 4.39 Å². The van der Waals surface area contributed by atoms with E-state index in [1.54, 1.807) is 0 Å². The minimum Gasteiger partial charge on any atom is -0.376 e. The molecule has 1 saturated carbocycles. The van der Waals surface area contributed by atoms with E-state index in [2.05, 4.69) is 15.1 Å². The molecule has 0 aromatic heterocycles. The van der Waals surface area contributed by atoms with Gasteiger partial charge in [-0.05, 0) is 67.6 Å². The van der Waals surface area contributed by atoms with Crippen molar-refractivity contribution >= 4 is 17.3 Å². The van der Waals surface area contributed by atoms with Crippen molar-refractivity contribution in [2.45, 2.75) is 32.4 Å². The first-order chi connectivity index (χ1) is 14.6. The van der Waals surface area contributed by atoms with Crippen LogP contribution in [-0.2, 0) is 16.1 Å². The third-order valence-corrected chi connectivity index (χ3v) is 5.95. The molecule has 30 heavy (non-hydrogen) atoms. The second kappa shape index (κ2) is 9.58. The highest BCUT2D eigenvalue weighted by atomic mass is 19.1. The Morgan fingerprint density at radius 2 is 1.87 bits per heavy atom. The first-order valence-electron chi connectivity index (χ1n) is 10.8. The Hall–Kier alpha value is -2.44. The molecule has 1 amide bonds. The largest absolute Gasteiger partial charge is 0.376 e. The Labute approximate surface area is 177 Å². The van der Waals surface area contributed by atoms with Gasteiger partial charge in [0.1, 0.15) is 5.82 Å². The number of piperazine rings is 1. The van der Waals surface area contributed by atoms with E-state index in [-0.39, 0.29) is 17.8 Å². The van der Waals surface area contributed by atoms with Crippen molar-refractivity contribution in [2.24, 2.45) is 5.92 Å². The third kappa shape index (κ3) is 5.58. The van der Waals surface area contributed by atoms with Gasteiger partial charge >= 0.3 is 0 Å². The molecule has 2 aliphatic rings. The average Bonchev–Trinajstić information content (AvgIpc) is 3.59. The Bertz CT molecular complexity index is 846. The van der Waals surface area contributed by atoms with Gasteiger partial charge in [0.25, 0.3) is 0 Å². The van der Waals surface area contributed by atoms with E-state index in [0.717, 1.165) is 55.6 Å². The molecule has 0 radical (unpaired) electrons. The molecule has 4 rings (SSSR count). The quantitative estimate of drug-likeness (QED) is 0.716. The van der Waals surface area contributed by atoms with E-state index >= 15 is 0 Å². The lowest BCUT2D eigenvalue weighted by molar-refractivity contribution is -0.120. The highest BCUT2D eigenvalue weighted by Gasteiger charge is 2.26. The van der Waals surface area contributed by atoms with Crippen LogP contribution in [0.25, 0.3) is 0 Å². The minimum absolute atomic E-state index is 0.00119. The van der Waals surface area contributed by atoms with E-state index in [1.807, 2.05) is 43.3 Å². The number of ether oxygens (including phenoxy) is 1. The van der Waals surface area contributed by atoms with Crippen LogP contribution < -0.4 is 10.2 Å². The average molecular weight is 412 g/mol. The standard InChI is InChI=1S/C24H30FN3O2/c1-18(27-11-13-28(14-12-27)23-9-7-21(25)8-10-23)24(29)26-22-4-2-3-20(15-22)17-30-16-19-5-6-19/h2-4,7-10,15,18-19H,5-6,11-14,16-17H2,1H3,(H,26,29). The van der Waals surface area contributed by atoms with E-state index in [9.17, 15) is 9.18 Å². The van der Waals surface area contributed by atoms with Gasteiger partial charge in [0.2, 0.25) is 5.91 Å². The lowest BCUT2D eigenvalue weighted by Gasteiger charge is -2.38. The Morgan fingerprint density at radius 3 is 2.57 bits per heavy atom. The van der Waals surface area contributed by atoms with Crippen LogP contribution in [0.3, 0.4) is 0 Å². The smallest absolute Gasteiger partial charge is 0.241 e. The van der Waals surface area contributed by atoms with Crippen LogP contribution in [0.4, 0.5) is 15.8 Å². The maximum absolute atomic E-state index is 13.1. The van der Waals surface area contributed by atoms with Crippen molar-refractivity contribution in [3.63, 3.8) is 0 Å². The van der Waals surface area contributed by atoms with E-state index in [0.29, 0.717) is 6.61 Å².